The summed E-state index contributed by atoms with van der Waals surface area (Å²) in [7, 11) is 0. The third-order valence-corrected chi connectivity index (χ3v) is 2.45. The second-order valence-corrected chi connectivity index (χ2v) is 3.82. The second kappa shape index (κ2) is 5.35. The fourth-order valence-electron chi connectivity index (χ4n) is 1.19. The first-order valence-electron chi connectivity index (χ1n) is 5.16. The van der Waals surface area contributed by atoms with E-state index in [0.717, 1.165) is 32.8 Å². The molecule has 1 heterocycles. The first-order valence-corrected chi connectivity index (χ1v) is 5.16. The van der Waals surface area contributed by atoms with Crippen molar-refractivity contribution in [2.45, 2.75) is 25.9 Å². The lowest BCUT2D eigenvalue weighted by molar-refractivity contribution is 0.0442. The second-order valence-electron chi connectivity index (χ2n) is 3.82. The van der Waals surface area contributed by atoms with Crippen LogP contribution in [0.3, 0.4) is 0 Å². The van der Waals surface area contributed by atoms with Crippen LogP contribution in [0.15, 0.2) is 0 Å². The Morgan fingerprint density at radius 2 is 2.07 bits per heavy atom. The maximum absolute atomic E-state index is 9.64. The number of nitrogens with zero attached hydrogens (tertiary/aromatic N) is 1. The van der Waals surface area contributed by atoms with Crippen LogP contribution in [0.1, 0.15) is 20.3 Å². The van der Waals surface area contributed by atoms with E-state index in [4.69, 9.17) is 4.74 Å². The summed E-state index contributed by atoms with van der Waals surface area (Å²) in [5, 5.41) is 9.64. The Kier molecular flexibility index (Phi) is 4.40. The zero-order valence-corrected chi connectivity index (χ0v) is 9.05. The largest absolute Gasteiger partial charge is 0.379 e. The van der Waals surface area contributed by atoms with Crippen molar-refractivity contribution in [1.29, 1.82) is 0 Å². The molecule has 0 aromatic heterocycles. The van der Waals surface area contributed by atoms with Gasteiger partial charge >= 0.3 is 0 Å². The molecule has 1 saturated heterocycles. The highest BCUT2D eigenvalue weighted by molar-refractivity contribution is 5.12. The van der Waals surface area contributed by atoms with E-state index in [-0.39, 0.29) is 0 Å². The molecule has 0 saturated carbocycles. The average molecular weight is 197 g/mol. The highest BCUT2D eigenvalue weighted by Crippen LogP contribution is 2.05. The first-order chi connectivity index (χ1) is 6.64. The molecule has 3 nitrogen and oxygen atoms in total. The normalized spacial score (nSPS) is 22.2. The minimum absolute atomic E-state index is 0.670. The molecule has 3 heteroatoms. The van der Waals surface area contributed by atoms with Crippen molar-refractivity contribution in [3.63, 3.8) is 0 Å². The molecule has 1 fully saturated rings. The molecule has 0 spiro atoms. The molecule has 80 valence electrons. The molecular formula is C11H19NO2. The third-order valence-electron chi connectivity index (χ3n) is 2.45. The third kappa shape index (κ3) is 4.10. The van der Waals surface area contributed by atoms with Crippen LogP contribution in [-0.4, -0.2) is 48.5 Å². The van der Waals surface area contributed by atoms with Gasteiger partial charge in [-0.15, -0.1) is 0 Å². The van der Waals surface area contributed by atoms with Gasteiger partial charge in [0.2, 0.25) is 0 Å². The Morgan fingerprint density at radius 3 is 2.64 bits per heavy atom. The molecule has 0 aromatic rings. The van der Waals surface area contributed by atoms with Crippen LogP contribution in [0.25, 0.3) is 0 Å². The van der Waals surface area contributed by atoms with Gasteiger partial charge in [0.1, 0.15) is 5.60 Å². The predicted octanol–water partition coefficient (Wildman–Crippen LogP) is 0.483. The summed E-state index contributed by atoms with van der Waals surface area (Å²) in [6, 6.07) is 0. The molecule has 1 unspecified atom stereocenters. The molecule has 0 aliphatic carbocycles. The van der Waals surface area contributed by atoms with Gasteiger partial charge in [-0.25, -0.2) is 0 Å². The van der Waals surface area contributed by atoms with E-state index in [1.54, 1.807) is 6.92 Å². The summed E-state index contributed by atoms with van der Waals surface area (Å²) in [4.78, 5) is 2.24. The highest BCUT2D eigenvalue weighted by atomic mass is 16.5. The predicted molar refractivity (Wildman–Crippen MR) is 55.9 cm³/mol. The van der Waals surface area contributed by atoms with Crippen molar-refractivity contribution in [2.24, 2.45) is 0 Å². The summed E-state index contributed by atoms with van der Waals surface area (Å²) in [6.07, 6.45) is 0.670. The van der Waals surface area contributed by atoms with Crippen LogP contribution >= 0.6 is 0 Å². The zero-order valence-electron chi connectivity index (χ0n) is 9.05. The lowest BCUT2D eigenvalue weighted by Gasteiger charge is -2.24. The lowest BCUT2D eigenvalue weighted by atomic mass is 10.1. The van der Waals surface area contributed by atoms with Gasteiger partial charge in [-0.2, -0.15) is 0 Å². The number of ether oxygens (including phenoxy) is 1. The van der Waals surface area contributed by atoms with Crippen LogP contribution in [0.5, 0.6) is 0 Å². The minimum atomic E-state index is -0.827. The molecule has 0 amide bonds. The Labute approximate surface area is 86.0 Å². The van der Waals surface area contributed by atoms with E-state index in [0.29, 0.717) is 6.42 Å². The zero-order chi connectivity index (χ0) is 10.4. The maximum atomic E-state index is 9.64. The molecule has 0 aromatic carbocycles. The SMILES string of the molecule is CCC(C)(O)C#CCN1CCOCC1. The lowest BCUT2D eigenvalue weighted by Crippen LogP contribution is -2.36. The number of hydrogen-bond donors (Lipinski definition) is 1. The maximum Gasteiger partial charge on any atom is 0.122 e. The smallest absolute Gasteiger partial charge is 0.122 e. The van der Waals surface area contributed by atoms with E-state index in [1.807, 2.05) is 6.92 Å². The minimum Gasteiger partial charge on any atom is -0.379 e. The van der Waals surface area contributed by atoms with Gasteiger partial charge in [-0.05, 0) is 13.3 Å². The quantitative estimate of drug-likeness (QED) is 0.654. The fourth-order valence-corrected chi connectivity index (χ4v) is 1.19. The van der Waals surface area contributed by atoms with Crippen LogP contribution in [0.4, 0.5) is 0 Å². The van der Waals surface area contributed by atoms with Crippen LogP contribution in [-0.2, 0) is 4.74 Å². The Bertz CT molecular complexity index is 221. The number of rotatable bonds is 2. The first kappa shape index (κ1) is 11.5. The Balaban J connectivity index is 2.30. The molecule has 0 radical (unpaired) electrons. The van der Waals surface area contributed by atoms with Gasteiger partial charge in [0, 0.05) is 13.1 Å². The summed E-state index contributed by atoms with van der Waals surface area (Å²) >= 11 is 0. The van der Waals surface area contributed by atoms with Crippen LogP contribution in [0.2, 0.25) is 0 Å². The Hall–Kier alpha value is -0.560. The molecule has 1 rings (SSSR count). The number of hydrogen-bond acceptors (Lipinski definition) is 3. The van der Waals surface area contributed by atoms with E-state index in [1.165, 1.54) is 0 Å². The molecular weight excluding hydrogens is 178 g/mol. The van der Waals surface area contributed by atoms with E-state index < -0.39 is 5.60 Å². The Morgan fingerprint density at radius 1 is 1.43 bits per heavy atom. The van der Waals surface area contributed by atoms with Crippen LogP contribution in [0, 0.1) is 11.8 Å². The summed E-state index contributed by atoms with van der Waals surface area (Å²) in [6.45, 7) is 7.91. The van der Waals surface area contributed by atoms with Gasteiger partial charge in [0.15, 0.2) is 0 Å². The molecule has 1 aliphatic heterocycles. The average Bonchev–Trinajstić information content (AvgIpc) is 2.19. The monoisotopic (exact) mass is 197 g/mol. The van der Waals surface area contributed by atoms with Crippen molar-refractivity contribution in [2.75, 3.05) is 32.8 Å². The molecule has 1 atom stereocenters. The van der Waals surface area contributed by atoms with Gasteiger partial charge in [0.25, 0.3) is 0 Å². The van der Waals surface area contributed by atoms with Crippen molar-refractivity contribution in [1.82, 2.24) is 4.90 Å². The van der Waals surface area contributed by atoms with E-state index in [9.17, 15) is 5.11 Å². The molecule has 1 aliphatic rings. The van der Waals surface area contributed by atoms with Crippen molar-refractivity contribution >= 4 is 0 Å². The van der Waals surface area contributed by atoms with Crippen molar-refractivity contribution < 1.29 is 9.84 Å². The fraction of sp³-hybridized carbons (Fsp3) is 0.818. The summed E-state index contributed by atoms with van der Waals surface area (Å²) in [5.41, 5.74) is -0.827. The van der Waals surface area contributed by atoms with E-state index >= 15 is 0 Å². The van der Waals surface area contributed by atoms with Gasteiger partial charge in [0.05, 0.1) is 19.8 Å². The van der Waals surface area contributed by atoms with Crippen LogP contribution < -0.4 is 0 Å². The molecule has 1 N–H and O–H groups in total. The number of morpholine rings is 1. The number of aliphatic hydroxyl groups is 1. The van der Waals surface area contributed by atoms with Gasteiger partial charge in [-0.1, -0.05) is 18.8 Å². The molecule has 14 heavy (non-hydrogen) atoms. The van der Waals surface area contributed by atoms with Gasteiger partial charge < -0.3 is 9.84 Å². The van der Waals surface area contributed by atoms with Crippen molar-refractivity contribution in [3.05, 3.63) is 0 Å². The van der Waals surface area contributed by atoms with Crippen molar-refractivity contribution in [3.8, 4) is 11.8 Å². The molecule has 0 bridgehead atoms. The van der Waals surface area contributed by atoms with Gasteiger partial charge in [-0.3, -0.25) is 4.90 Å². The highest BCUT2D eigenvalue weighted by Gasteiger charge is 2.13. The van der Waals surface area contributed by atoms with E-state index in [2.05, 4.69) is 16.7 Å². The standard InChI is InChI=1S/C11H19NO2/c1-3-11(2,13)5-4-6-12-7-9-14-10-8-12/h13H,3,6-10H2,1-2H3. The summed E-state index contributed by atoms with van der Waals surface area (Å²) < 4.78 is 5.23. The topological polar surface area (TPSA) is 32.7 Å². The summed E-state index contributed by atoms with van der Waals surface area (Å²) in [5.74, 6) is 5.90.